The van der Waals surface area contributed by atoms with Crippen LogP contribution in [0.1, 0.15) is 21.5 Å². The maximum atomic E-state index is 12.4. The third kappa shape index (κ3) is 2.57. The summed E-state index contributed by atoms with van der Waals surface area (Å²) in [5.41, 5.74) is 8.28. The Morgan fingerprint density at radius 3 is 2.61 bits per heavy atom. The van der Waals surface area contributed by atoms with E-state index in [1.54, 1.807) is 18.2 Å². The number of carbonyl (C=O) groups is 1. The van der Waals surface area contributed by atoms with Crippen LogP contribution >= 0.6 is 27.5 Å². The SMILES string of the molecule is Cc1ccc(Br)c(C(=O)c2ccc(N)c(Cl)c2)c1. The smallest absolute Gasteiger partial charge is 0.194 e. The number of hydrogen-bond acceptors (Lipinski definition) is 2. The fourth-order valence-corrected chi connectivity index (χ4v) is 2.24. The van der Waals surface area contributed by atoms with Crippen molar-refractivity contribution in [3.05, 3.63) is 62.6 Å². The normalized spacial score (nSPS) is 10.4. The van der Waals surface area contributed by atoms with Crippen LogP contribution in [0.5, 0.6) is 0 Å². The van der Waals surface area contributed by atoms with Gasteiger partial charge in [0, 0.05) is 15.6 Å². The maximum absolute atomic E-state index is 12.4. The zero-order chi connectivity index (χ0) is 13.3. The van der Waals surface area contributed by atoms with E-state index in [1.807, 2.05) is 25.1 Å². The third-order valence-electron chi connectivity index (χ3n) is 2.63. The number of carbonyl (C=O) groups excluding carboxylic acids is 1. The molecule has 0 unspecified atom stereocenters. The minimum Gasteiger partial charge on any atom is -0.398 e. The summed E-state index contributed by atoms with van der Waals surface area (Å²) in [6, 6.07) is 10.6. The van der Waals surface area contributed by atoms with Gasteiger partial charge in [-0.1, -0.05) is 39.2 Å². The molecule has 92 valence electrons. The molecule has 0 heterocycles. The monoisotopic (exact) mass is 323 g/mol. The largest absolute Gasteiger partial charge is 0.398 e. The first-order valence-electron chi connectivity index (χ1n) is 5.35. The first kappa shape index (κ1) is 13.1. The molecular formula is C14H11BrClNO. The highest BCUT2D eigenvalue weighted by atomic mass is 79.9. The Kier molecular flexibility index (Phi) is 3.73. The van der Waals surface area contributed by atoms with Crippen molar-refractivity contribution in [3.63, 3.8) is 0 Å². The van der Waals surface area contributed by atoms with Gasteiger partial charge in [0.15, 0.2) is 5.78 Å². The number of hydrogen-bond donors (Lipinski definition) is 1. The van der Waals surface area contributed by atoms with Gasteiger partial charge >= 0.3 is 0 Å². The van der Waals surface area contributed by atoms with Gasteiger partial charge in [-0.2, -0.15) is 0 Å². The molecule has 0 saturated carbocycles. The van der Waals surface area contributed by atoms with Gasteiger partial charge in [0.2, 0.25) is 0 Å². The lowest BCUT2D eigenvalue weighted by molar-refractivity contribution is 0.103. The Balaban J connectivity index is 2.47. The van der Waals surface area contributed by atoms with Gasteiger partial charge in [0.1, 0.15) is 0 Å². The van der Waals surface area contributed by atoms with Gasteiger partial charge < -0.3 is 5.73 Å². The van der Waals surface area contributed by atoms with Crippen molar-refractivity contribution >= 4 is 39.0 Å². The van der Waals surface area contributed by atoms with E-state index < -0.39 is 0 Å². The fourth-order valence-electron chi connectivity index (χ4n) is 1.64. The summed E-state index contributed by atoms with van der Waals surface area (Å²) in [5.74, 6) is -0.0764. The van der Waals surface area contributed by atoms with Crippen molar-refractivity contribution < 1.29 is 4.79 Å². The standard InChI is InChI=1S/C14H11BrClNO/c1-8-2-4-11(15)10(6-8)14(18)9-3-5-13(17)12(16)7-9/h2-7H,17H2,1H3. The number of rotatable bonds is 2. The molecule has 0 aliphatic carbocycles. The van der Waals surface area contributed by atoms with Crippen LogP contribution in [-0.4, -0.2) is 5.78 Å². The number of nitrogen functional groups attached to an aromatic ring is 1. The number of benzene rings is 2. The summed E-state index contributed by atoms with van der Waals surface area (Å²) >= 11 is 9.31. The van der Waals surface area contributed by atoms with Crippen LogP contribution in [0, 0.1) is 6.92 Å². The molecule has 0 saturated heterocycles. The number of ketones is 1. The summed E-state index contributed by atoms with van der Waals surface area (Å²) in [7, 11) is 0. The molecule has 4 heteroatoms. The first-order chi connectivity index (χ1) is 8.49. The fraction of sp³-hybridized carbons (Fsp3) is 0.0714. The number of nitrogens with two attached hydrogens (primary N) is 1. The molecule has 0 aromatic heterocycles. The summed E-state index contributed by atoms with van der Waals surface area (Å²) in [5, 5.41) is 0.393. The molecule has 2 N–H and O–H groups in total. The summed E-state index contributed by atoms with van der Waals surface area (Å²) in [6.07, 6.45) is 0. The van der Waals surface area contributed by atoms with E-state index in [9.17, 15) is 4.79 Å². The van der Waals surface area contributed by atoms with Crippen molar-refractivity contribution in [2.75, 3.05) is 5.73 Å². The van der Waals surface area contributed by atoms with E-state index in [4.69, 9.17) is 17.3 Å². The van der Waals surface area contributed by atoms with Gasteiger partial charge in [-0.3, -0.25) is 4.79 Å². The van der Waals surface area contributed by atoms with Crippen molar-refractivity contribution in [1.29, 1.82) is 0 Å². The average molecular weight is 325 g/mol. The summed E-state index contributed by atoms with van der Waals surface area (Å²) < 4.78 is 0.769. The number of aryl methyl sites for hydroxylation is 1. The van der Waals surface area contributed by atoms with Crippen LogP contribution in [0.15, 0.2) is 40.9 Å². The molecule has 2 rings (SSSR count). The topological polar surface area (TPSA) is 43.1 Å². The Morgan fingerprint density at radius 2 is 1.94 bits per heavy atom. The van der Waals surface area contributed by atoms with E-state index >= 15 is 0 Å². The molecular weight excluding hydrogens is 314 g/mol. The van der Waals surface area contributed by atoms with Crippen LogP contribution in [-0.2, 0) is 0 Å². The lowest BCUT2D eigenvalue weighted by Crippen LogP contribution is -2.03. The van der Waals surface area contributed by atoms with E-state index in [2.05, 4.69) is 15.9 Å². The van der Waals surface area contributed by atoms with E-state index in [1.165, 1.54) is 0 Å². The lowest BCUT2D eigenvalue weighted by atomic mass is 10.0. The molecule has 0 atom stereocenters. The van der Waals surface area contributed by atoms with Crippen LogP contribution in [0.2, 0.25) is 5.02 Å². The zero-order valence-electron chi connectivity index (χ0n) is 9.71. The second-order valence-corrected chi connectivity index (χ2v) is 5.31. The molecule has 0 fully saturated rings. The quantitative estimate of drug-likeness (QED) is 0.664. The highest BCUT2D eigenvalue weighted by Gasteiger charge is 2.13. The van der Waals surface area contributed by atoms with Gasteiger partial charge in [0.05, 0.1) is 10.7 Å². The second-order valence-electron chi connectivity index (χ2n) is 4.05. The van der Waals surface area contributed by atoms with Crippen LogP contribution in [0.3, 0.4) is 0 Å². The number of halogens is 2. The number of anilines is 1. The average Bonchev–Trinajstić information content (AvgIpc) is 2.35. The van der Waals surface area contributed by atoms with Gasteiger partial charge in [-0.05, 0) is 37.3 Å². The van der Waals surface area contributed by atoms with Crippen molar-refractivity contribution in [2.24, 2.45) is 0 Å². The molecule has 2 aromatic rings. The minimum atomic E-state index is -0.0764. The lowest BCUT2D eigenvalue weighted by Gasteiger charge is -2.06. The summed E-state index contributed by atoms with van der Waals surface area (Å²) in [4.78, 5) is 12.4. The molecule has 0 bridgehead atoms. The Hall–Kier alpha value is -1.32. The van der Waals surface area contributed by atoms with Crippen LogP contribution < -0.4 is 5.73 Å². The molecule has 0 spiro atoms. The highest BCUT2D eigenvalue weighted by Crippen LogP contribution is 2.25. The van der Waals surface area contributed by atoms with E-state index in [-0.39, 0.29) is 5.78 Å². The molecule has 2 nitrogen and oxygen atoms in total. The zero-order valence-corrected chi connectivity index (χ0v) is 12.0. The van der Waals surface area contributed by atoms with Crippen molar-refractivity contribution in [3.8, 4) is 0 Å². The predicted octanol–water partition coefficient (Wildman–Crippen LogP) is 4.22. The molecule has 2 aromatic carbocycles. The maximum Gasteiger partial charge on any atom is 0.194 e. The van der Waals surface area contributed by atoms with Gasteiger partial charge in [-0.25, -0.2) is 0 Å². The van der Waals surface area contributed by atoms with Crippen molar-refractivity contribution in [1.82, 2.24) is 0 Å². The van der Waals surface area contributed by atoms with Gasteiger partial charge in [0.25, 0.3) is 0 Å². The predicted molar refractivity (Wildman–Crippen MR) is 78.2 cm³/mol. The minimum absolute atomic E-state index is 0.0764. The Bertz CT molecular complexity index is 625. The van der Waals surface area contributed by atoms with Crippen LogP contribution in [0.4, 0.5) is 5.69 Å². The second kappa shape index (κ2) is 5.12. The Morgan fingerprint density at radius 1 is 1.22 bits per heavy atom. The third-order valence-corrected chi connectivity index (χ3v) is 3.65. The molecule has 0 radical (unpaired) electrons. The molecule has 18 heavy (non-hydrogen) atoms. The van der Waals surface area contributed by atoms with Crippen LogP contribution in [0.25, 0.3) is 0 Å². The van der Waals surface area contributed by atoms with E-state index in [0.717, 1.165) is 10.0 Å². The van der Waals surface area contributed by atoms with Gasteiger partial charge in [-0.15, -0.1) is 0 Å². The molecule has 0 aliphatic heterocycles. The van der Waals surface area contributed by atoms with E-state index in [0.29, 0.717) is 21.8 Å². The highest BCUT2D eigenvalue weighted by molar-refractivity contribution is 9.10. The molecule has 0 amide bonds. The summed E-state index contributed by atoms with van der Waals surface area (Å²) in [6.45, 7) is 1.94. The van der Waals surface area contributed by atoms with Crippen molar-refractivity contribution in [2.45, 2.75) is 6.92 Å². The Labute approximate surface area is 119 Å². The first-order valence-corrected chi connectivity index (χ1v) is 6.52. The molecule has 0 aliphatic rings.